The Kier molecular flexibility index (Phi) is 21.1. The van der Waals surface area contributed by atoms with Crippen LogP contribution in [0.3, 0.4) is 0 Å². The summed E-state index contributed by atoms with van der Waals surface area (Å²) in [5.41, 5.74) is 7.60. The highest BCUT2D eigenvalue weighted by atomic mass is 32.2. The lowest BCUT2D eigenvalue weighted by Crippen LogP contribution is -2.31. The van der Waals surface area contributed by atoms with Gasteiger partial charge in [0.2, 0.25) is 31.9 Å². The van der Waals surface area contributed by atoms with Crippen LogP contribution in [0.5, 0.6) is 11.5 Å². The maximum atomic E-state index is 11.5. The van der Waals surface area contributed by atoms with Gasteiger partial charge < -0.3 is 20.5 Å². The summed E-state index contributed by atoms with van der Waals surface area (Å²) in [6.07, 6.45) is 13.0. The molecule has 0 aromatic heterocycles. The molecule has 2 aliphatic rings. The summed E-state index contributed by atoms with van der Waals surface area (Å²) in [4.78, 5) is 32.9. The van der Waals surface area contributed by atoms with E-state index in [0.29, 0.717) is 41.7 Å². The van der Waals surface area contributed by atoms with Crippen LogP contribution in [0.1, 0.15) is 129 Å². The third-order valence-corrected chi connectivity index (χ3v) is 13.3. The highest BCUT2D eigenvalue weighted by Crippen LogP contribution is 2.40. The highest BCUT2D eigenvalue weighted by Gasteiger charge is 2.31. The highest BCUT2D eigenvalue weighted by molar-refractivity contribution is 7.89. The number of amides is 2. The summed E-state index contributed by atoms with van der Waals surface area (Å²) >= 11 is 0. The van der Waals surface area contributed by atoms with Crippen LogP contribution in [0.25, 0.3) is 21.5 Å². The van der Waals surface area contributed by atoms with Gasteiger partial charge >= 0.3 is 0 Å². The summed E-state index contributed by atoms with van der Waals surface area (Å²) < 4.78 is 59.0. The first kappa shape index (κ1) is 55.8. The number of benzene rings is 4. The molecule has 2 amide bonds. The van der Waals surface area contributed by atoms with Crippen molar-refractivity contribution in [1.29, 1.82) is 0 Å². The molecule has 2 aliphatic carbocycles. The number of nitrogens with one attached hydrogen (secondary N) is 3. The maximum Gasteiger partial charge on any atom is 0.234 e. The SMILES string of the molecule is C.CC(C)(C)C1CCC(Oc2ccc3cc(C=O)ccc3c2)CC1.CC(C)(C)C1CCC(Oc2ccc3cc(CNCCC(=O)NS(C)(=O)=O)ccc3c2)CC1.CS(=O)(=O)NC(=O)CCN. The molecule has 0 bridgehead atoms. The average molecular weight is 953 g/mol. The second-order valence-corrected chi connectivity index (χ2v) is 23.2. The molecular weight excluding hydrogens is 877 g/mol. The molecule has 5 N–H and O–H groups in total. The number of fused-ring (bicyclic) bond motifs is 2. The zero-order valence-electron chi connectivity index (χ0n) is 39.6. The Bertz CT molecular complexity index is 2430. The molecule has 6 rings (SSSR count). The van der Waals surface area contributed by atoms with E-state index in [9.17, 15) is 31.2 Å². The smallest absolute Gasteiger partial charge is 0.234 e. The Hall–Kier alpha value is -4.57. The van der Waals surface area contributed by atoms with Gasteiger partial charge in [0.25, 0.3) is 0 Å². The van der Waals surface area contributed by atoms with E-state index in [-0.39, 0.29) is 26.8 Å². The first-order valence-electron chi connectivity index (χ1n) is 22.7. The zero-order valence-corrected chi connectivity index (χ0v) is 41.2. The van der Waals surface area contributed by atoms with Crippen LogP contribution in [-0.4, -0.2) is 72.7 Å². The van der Waals surface area contributed by atoms with E-state index in [0.717, 1.165) is 94.9 Å². The normalized spacial score (nSPS) is 18.9. The van der Waals surface area contributed by atoms with Gasteiger partial charge in [-0.2, -0.15) is 0 Å². The Labute approximate surface area is 394 Å². The van der Waals surface area contributed by atoms with Crippen LogP contribution >= 0.6 is 0 Å². The van der Waals surface area contributed by atoms with Crippen molar-refractivity contribution in [2.75, 3.05) is 25.6 Å². The predicted molar refractivity (Wildman–Crippen MR) is 268 cm³/mol. The second-order valence-electron chi connectivity index (χ2n) is 19.7. The van der Waals surface area contributed by atoms with Crippen molar-refractivity contribution in [2.45, 2.75) is 132 Å². The molecule has 0 heterocycles. The number of sulfonamides is 2. The number of nitrogens with two attached hydrogens (primary N) is 1. The number of hydrogen-bond donors (Lipinski definition) is 4. The summed E-state index contributed by atoms with van der Waals surface area (Å²) in [5.74, 6) is 2.39. The Balaban J connectivity index is 0.000000296. The van der Waals surface area contributed by atoms with Gasteiger partial charge in [0, 0.05) is 38.0 Å². The van der Waals surface area contributed by atoms with Gasteiger partial charge in [0.1, 0.15) is 17.8 Å². The molecule has 0 atom stereocenters. The van der Waals surface area contributed by atoms with Gasteiger partial charge in [-0.25, -0.2) is 16.8 Å². The van der Waals surface area contributed by atoms with Crippen LogP contribution in [0.4, 0.5) is 0 Å². The zero-order chi connectivity index (χ0) is 48.0. The number of aldehydes is 1. The molecule has 0 saturated heterocycles. The van der Waals surface area contributed by atoms with Crippen LogP contribution in [0, 0.1) is 22.7 Å². The number of carbonyl (C=O) groups is 3. The Morgan fingerprint density at radius 1 is 0.621 bits per heavy atom. The van der Waals surface area contributed by atoms with Crippen molar-refractivity contribution in [3.05, 3.63) is 83.9 Å². The predicted octanol–water partition coefficient (Wildman–Crippen LogP) is 9.06. The quantitative estimate of drug-likeness (QED) is 0.0694. The van der Waals surface area contributed by atoms with E-state index >= 15 is 0 Å². The van der Waals surface area contributed by atoms with Crippen LogP contribution in [0.15, 0.2) is 72.8 Å². The molecule has 13 nitrogen and oxygen atoms in total. The van der Waals surface area contributed by atoms with E-state index in [1.165, 1.54) is 25.7 Å². The lowest BCUT2D eigenvalue weighted by Gasteiger charge is -2.37. The monoisotopic (exact) mass is 953 g/mol. The molecule has 0 radical (unpaired) electrons. The van der Waals surface area contributed by atoms with Gasteiger partial charge in [-0.1, -0.05) is 85.4 Å². The fraction of sp³-hybridized carbons (Fsp3) is 0.549. The third-order valence-electron chi connectivity index (χ3n) is 12.1. The molecule has 15 heteroatoms. The van der Waals surface area contributed by atoms with E-state index < -0.39 is 31.9 Å². The Morgan fingerprint density at radius 3 is 1.45 bits per heavy atom. The molecule has 0 unspecified atom stereocenters. The van der Waals surface area contributed by atoms with E-state index in [1.54, 1.807) is 4.72 Å². The van der Waals surface area contributed by atoms with E-state index in [4.69, 9.17) is 15.2 Å². The lowest BCUT2D eigenvalue weighted by atomic mass is 9.72. The average Bonchev–Trinajstić information content (AvgIpc) is 3.21. The fourth-order valence-corrected chi connectivity index (χ4v) is 9.44. The van der Waals surface area contributed by atoms with Crippen molar-refractivity contribution in [3.63, 3.8) is 0 Å². The largest absolute Gasteiger partial charge is 0.490 e. The molecule has 0 spiro atoms. The van der Waals surface area contributed by atoms with Crippen molar-refractivity contribution >= 4 is 59.7 Å². The van der Waals surface area contributed by atoms with Crippen molar-refractivity contribution in [3.8, 4) is 11.5 Å². The van der Waals surface area contributed by atoms with Crippen molar-refractivity contribution < 1.29 is 40.7 Å². The molecule has 66 heavy (non-hydrogen) atoms. The number of carbonyl (C=O) groups excluding carboxylic acids is 3. The standard InChI is InChI=1S/C25H36N2O4S.C21H26O2.C4H10N2O3S.CH4/c1-25(2,3)21-8-11-22(12-9-21)31-23-10-7-19-15-18(5-6-20(19)16-23)17-26-14-13-24(28)27-32(4,29)30;1-21(2,3)18-7-10-19(11-8-18)23-20-9-6-16-12-15(14-22)4-5-17(16)13-20;1-10(8,9)6-4(7)2-3-5;/h5-7,10,15-16,21-22,26H,8-9,11-14,17H2,1-4H3,(H,27,28);4-6,9,12-14,18-19H,7-8,10-11H2,1-3H3;2-3,5H2,1H3,(H,6,7);1H4. The fourth-order valence-electron chi connectivity index (χ4n) is 8.41. The lowest BCUT2D eigenvalue weighted by molar-refractivity contribution is -0.120. The summed E-state index contributed by atoms with van der Waals surface area (Å²) in [6, 6.07) is 24.4. The molecule has 4 aromatic rings. The third kappa shape index (κ3) is 19.7. The van der Waals surface area contributed by atoms with Gasteiger partial charge in [0.05, 0.1) is 24.7 Å². The molecule has 4 aromatic carbocycles. The Morgan fingerprint density at radius 2 is 1.03 bits per heavy atom. The summed E-state index contributed by atoms with van der Waals surface area (Å²) in [6.45, 7) is 15.2. The van der Waals surface area contributed by atoms with Gasteiger partial charge in [-0.3, -0.25) is 23.8 Å². The maximum absolute atomic E-state index is 11.5. The van der Waals surface area contributed by atoms with Gasteiger partial charge in [-0.15, -0.1) is 0 Å². The minimum absolute atomic E-state index is 0. The first-order chi connectivity index (χ1) is 30.4. The molecule has 2 fully saturated rings. The number of hydrogen-bond acceptors (Lipinski definition) is 11. The minimum atomic E-state index is -3.50. The second kappa shape index (κ2) is 25.0. The van der Waals surface area contributed by atoms with Gasteiger partial charge in [-0.05, 0) is 138 Å². The van der Waals surface area contributed by atoms with Gasteiger partial charge in [0.15, 0.2) is 0 Å². The number of rotatable bonds is 14. The number of ether oxygens (including phenoxy) is 2. The van der Waals surface area contributed by atoms with Crippen LogP contribution < -0.4 is 30.0 Å². The molecule has 0 aliphatic heterocycles. The summed E-state index contributed by atoms with van der Waals surface area (Å²) in [7, 11) is -6.90. The first-order valence-corrected chi connectivity index (χ1v) is 26.5. The summed E-state index contributed by atoms with van der Waals surface area (Å²) in [5, 5.41) is 7.67. The van der Waals surface area contributed by atoms with Crippen molar-refractivity contribution in [1.82, 2.24) is 14.8 Å². The van der Waals surface area contributed by atoms with Crippen LogP contribution in [0.2, 0.25) is 0 Å². The molecular formula is C51H76N4O9S2. The minimum Gasteiger partial charge on any atom is -0.490 e. The van der Waals surface area contributed by atoms with Crippen LogP contribution in [-0.2, 0) is 36.2 Å². The van der Waals surface area contributed by atoms with E-state index in [2.05, 4.69) is 83.3 Å². The molecule has 366 valence electrons. The van der Waals surface area contributed by atoms with E-state index in [1.807, 2.05) is 41.1 Å². The topological polar surface area (TPSA) is 200 Å². The molecule has 2 saturated carbocycles. The van der Waals surface area contributed by atoms with Crippen molar-refractivity contribution in [2.24, 2.45) is 28.4 Å².